The average molecular weight is 842 g/mol. The average Bonchev–Trinajstić information content (AvgIpc) is 3.76. The van der Waals surface area contributed by atoms with E-state index >= 15 is 0 Å². The van der Waals surface area contributed by atoms with Crippen LogP contribution in [0.15, 0.2) is 54.6 Å². The summed E-state index contributed by atoms with van der Waals surface area (Å²) < 4.78 is 54.7. The number of likely N-dealkylation sites (N-methyl/N-ethyl adjacent to an activating group) is 1. The van der Waals surface area contributed by atoms with E-state index in [4.69, 9.17) is 4.74 Å². The van der Waals surface area contributed by atoms with Crippen LogP contribution in [-0.2, 0) is 21.3 Å². The van der Waals surface area contributed by atoms with Crippen molar-refractivity contribution in [3.63, 3.8) is 0 Å². The summed E-state index contributed by atoms with van der Waals surface area (Å²) >= 11 is 2.66. The number of fused-ring (bicyclic) bond motifs is 1. The molecule has 0 aliphatic rings. The number of allylic oxidation sites excluding steroid dienone is 1. The number of thiazole rings is 2. The fourth-order valence-electron chi connectivity index (χ4n) is 6.06. The highest BCUT2D eigenvalue weighted by Gasteiger charge is 2.25. The lowest BCUT2D eigenvalue weighted by atomic mass is 10.1. The van der Waals surface area contributed by atoms with E-state index in [1.165, 1.54) is 47.0 Å². The maximum atomic E-state index is 14.6. The number of anilines is 4. The minimum Gasteiger partial charge on any atom is -0.748 e. The number of aldehydes is 1. The number of carboxylic acid groups (broad SMARTS) is 1. The zero-order chi connectivity index (χ0) is 41.2. The van der Waals surface area contributed by atoms with Crippen LogP contribution in [0.4, 0.5) is 26.3 Å². The lowest BCUT2D eigenvalue weighted by molar-refractivity contribution is -0.893. The Kier molecular flexibility index (Phi) is 14.8. The third-order valence-electron chi connectivity index (χ3n) is 8.80. The number of para-hydroxylation sites is 1. The summed E-state index contributed by atoms with van der Waals surface area (Å²) in [4.78, 5) is 34.3. The monoisotopic (exact) mass is 841 g/mol. The van der Waals surface area contributed by atoms with E-state index in [0.717, 1.165) is 15.8 Å². The third kappa shape index (κ3) is 12.8. The van der Waals surface area contributed by atoms with Crippen molar-refractivity contribution in [2.24, 2.45) is 0 Å². The van der Waals surface area contributed by atoms with Gasteiger partial charge in [0.05, 0.1) is 47.6 Å². The minimum absolute atomic E-state index is 0.0303. The van der Waals surface area contributed by atoms with Crippen molar-refractivity contribution in [2.45, 2.75) is 45.1 Å². The van der Waals surface area contributed by atoms with Crippen LogP contribution in [0.2, 0.25) is 0 Å². The number of hydrogen-bond acceptors (Lipinski definition) is 15. The number of carboxylic acids is 1. The van der Waals surface area contributed by atoms with Crippen molar-refractivity contribution in [1.82, 2.24) is 20.2 Å². The highest BCUT2D eigenvalue weighted by Crippen LogP contribution is 2.34. The smallest absolute Gasteiger partial charge is 0.355 e. The largest absolute Gasteiger partial charge is 0.748 e. The predicted molar refractivity (Wildman–Crippen MR) is 217 cm³/mol. The summed E-state index contributed by atoms with van der Waals surface area (Å²) in [7, 11) is -0.620. The van der Waals surface area contributed by atoms with Crippen molar-refractivity contribution in [2.75, 3.05) is 56.3 Å². The molecule has 5 aromatic rings. The summed E-state index contributed by atoms with van der Waals surface area (Å²) in [6, 6.07) is 13.9. The molecule has 0 aliphatic heterocycles. The van der Waals surface area contributed by atoms with Crippen LogP contribution in [0.1, 0.15) is 52.2 Å². The van der Waals surface area contributed by atoms with Crippen LogP contribution in [0, 0.1) is 12.7 Å². The Morgan fingerprint density at radius 3 is 2.60 bits per heavy atom. The van der Waals surface area contributed by atoms with Crippen molar-refractivity contribution in [3.8, 4) is 5.75 Å². The molecule has 0 bridgehead atoms. The highest BCUT2D eigenvalue weighted by atomic mass is 32.2. The zero-order valence-electron chi connectivity index (χ0n) is 31.6. The number of halogens is 1. The Morgan fingerprint density at radius 1 is 1.11 bits per heavy atom. The maximum absolute atomic E-state index is 14.6. The number of aryl methyl sites for hydroxylation is 2. The Labute approximate surface area is 337 Å². The van der Waals surface area contributed by atoms with Gasteiger partial charge in [0.1, 0.15) is 18.9 Å². The van der Waals surface area contributed by atoms with Gasteiger partial charge in [-0.15, -0.1) is 21.5 Å². The second kappa shape index (κ2) is 19.5. The van der Waals surface area contributed by atoms with E-state index in [1.54, 1.807) is 11.0 Å². The summed E-state index contributed by atoms with van der Waals surface area (Å²) in [5.41, 5.74) is 1.97. The van der Waals surface area contributed by atoms with Crippen molar-refractivity contribution < 1.29 is 46.4 Å². The number of ether oxygens (including phenoxy) is 1. The molecule has 2 aromatic carbocycles. The first-order valence-electron chi connectivity index (χ1n) is 18.1. The molecule has 15 nitrogen and oxygen atoms in total. The number of aliphatic hydroxyl groups is 1. The van der Waals surface area contributed by atoms with Crippen molar-refractivity contribution in [1.29, 1.82) is 0 Å². The Bertz CT molecular complexity index is 2280. The number of quaternary nitrogens is 1. The van der Waals surface area contributed by atoms with Gasteiger partial charge in [-0.3, -0.25) is 4.79 Å². The second-order valence-corrected chi connectivity index (χ2v) is 17.6. The van der Waals surface area contributed by atoms with Gasteiger partial charge in [0.25, 0.3) is 0 Å². The normalized spacial score (nSPS) is 12.6. The zero-order valence-corrected chi connectivity index (χ0v) is 34.1. The molecule has 5 rings (SSSR count). The molecule has 1 unspecified atom stereocenters. The number of aromatic carboxylic acids is 1. The first-order chi connectivity index (χ1) is 27.1. The minimum atomic E-state index is -4.33. The van der Waals surface area contributed by atoms with Gasteiger partial charge in [-0.05, 0) is 80.1 Å². The van der Waals surface area contributed by atoms with Crippen LogP contribution < -0.4 is 15.0 Å². The van der Waals surface area contributed by atoms with E-state index in [2.05, 4.69) is 25.5 Å². The van der Waals surface area contributed by atoms with Crippen LogP contribution in [-0.4, -0.2) is 112 Å². The van der Waals surface area contributed by atoms with E-state index in [0.29, 0.717) is 82.0 Å². The molecule has 19 heteroatoms. The number of hydrogen-bond donors (Lipinski definition) is 3. The van der Waals surface area contributed by atoms with E-state index in [-0.39, 0.29) is 30.9 Å². The number of nitrogens with zero attached hydrogens (tertiary/aromatic N) is 6. The van der Waals surface area contributed by atoms with Crippen molar-refractivity contribution >= 4 is 83.2 Å². The third-order valence-corrected chi connectivity index (χ3v) is 11.7. The van der Waals surface area contributed by atoms with Crippen LogP contribution in [0.5, 0.6) is 5.75 Å². The molecule has 0 fully saturated rings. The quantitative estimate of drug-likeness (QED) is 0.0242. The van der Waals surface area contributed by atoms with Crippen LogP contribution in [0.25, 0.3) is 16.3 Å². The fourth-order valence-corrected chi connectivity index (χ4v) is 8.54. The molecule has 0 aliphatic carbocycles. The van der Waals surface area contributed by atoms with Crippen LogP contribution in [0.3, 0.4) is 0 Å². The molecule has 3 aromatic heterocycles. The SMILES string of the molecule is Cc1cc(N(CCCC(O)C[N+](C)(C)CCCS(=O)(=O)[O-])c2nc(C(=O)O)c(CCCOc3ccc(/C=C/C=O)cc3F)s2)nnc1Nc1nc2ccccc2s1. The molecule has 0 saturated heterocycles. The summed E-state index contributed by atoms with van der Waals surface area (Å²) in [5, 5.41) is 34.3. The van der Waals surface area contributed by atoms with Gasteiger partial charge < -0.3 is 34.2 Å². The van der Waals surface area contributed by atoms with Crippen molar-refractivity contribution in [3.05, 3.63) is 82.1 Å². The first kappa shape index (κ1) is 43.2. The fraction of sp³-hybridized carbons (Fsp3) is 0.368. The molecular weight excluding hydrogens is 798 g/mol. The highest BCUT2D eigenvalue weighted by molar-refractivity contribution is 7.85. The van der Waals surface area contributed by atoms with Gasteiger partial charge in [-0.1, -0.05) is 35.6 Å². The number of rotatable bonds is 22. The molecular formula is C38H44FN7O8S3. The summed E-state index contributed by atoms with van der Waals surface area (Å²) in [6.07, 6.45) is 4.20. The second-order valence-electron chi connectivity index (χ2n) is 14.0. The number of carbonyl (C=O) groups excluding carboxylic acids is 1. The van der Waals surface area contributed by atoms with Gasteiger partial charge in [0.15, 0.2) is 39.2 Å². The number of aliphatic hydroxyl groups excluding tert-OH is 1. The summed E-state index contributed by atoms with van der Waals surface area (Å²) in [5.74, 6) is -1.34. The van der Waals surface area contributed by atoms with Gasteiger partial charge in [0.2, 0.25) is 0 Å². The Hall–Kier alpha value is -4.92. The van der Waals surface area contributed by atoms with Crippen LogP contribution >= 0.6 is 22.7 Å². The maximum Gasteiger partial charge on any atom is 0.355 e. The Balaban J connectivity index is 1.32. The standard InChI is InChI=1S/C38H44FN7O8S3/c1-25-22-33(43-44-35(25)42-37-40-29-12-4-5-13-31(29)55-37)45(17-6-11-27(48)24-46(2,3)18-9-21-57(51,52)53)38-41-34(36(49)50)32(56-38)14-8-20-54-30-16-15-26(10-7-19-47)23-28(30)39/h4-5,7,10,12-13,15-16,19,22-23,27,48H,6,8-9,11,14,17-18,20-21,24H2,1-3H3,(H2-,40,42,44,49,50,51,52,53)/b10-7+. The first-order valence-corrected chi connectivity index (χ1v) is 21.3. The molecule has 0 radical (unpaired) electrons. The Morgan fingerprint density at radius 2 is 1.89 bits per heavy atom. The molecule has 0 spiro atoms. The summed E-state index contributed by atoms with van der Waals surface area (Å²) in [6.45, 7) is 2.97. The predicted octanol–water partition coefficient (Wildman–Crippen LogP) is 5.95. The molecule has 57 heavy (non-hydrogen) atoms. The molecule has 0 amide bonds. The molecule has 0 saturated carbocycles. The van der Waals surface area contributed by atoms with E-state index in [9.17, 15) is 37.2 Å². The van der Waals surface area contributed by atoms with Gasteiger partial charge in [-0.25, -0.2) is 27.6 Å². The number of benzene rings is 2. The lowest BCUT2D eigenvalue weighted by Crippen LogP contribution is -2.46. The van der Waals surface area contributed by atoms with Gasteiger partial charge >= 0.3 is 5.97 Å². The lowest BCUT2D eigenvalue weighted by Gasteiger charge is -2.32. The topological polar surface area (TPSA) is 208 Å². The molecule has 304 valence electrons. The molecule has 1 atom stereocenters. The number of aromatic nitrogens is 4. The van der Waals surface area contributed by atoms with Gasteiger partial charge in [-0.2, -0.15) is 0 Å². The molecule has 3 N–H and O–H groups in total. The van der Waals surface area contributed by atoms with E-state index < -0.39 is 33.8 Å². The number of nitrogens with one attached hydrogen (secondary N) is 1. The van der Waals surface area contributed by atoms with Gasteiger partial charge in [0, 0.05) is 23.6 Å². The van der Waals surface area contributed by atoms with E-state index in [1.807, 2.05) is 51.4 Å². The number of carbonyl (C=O) groups is 2. The molecule has 3 heterocycles.